The molecule has 0 saturated carbocycles. The number of aromatic carboxylic acids is 1. The molecule has 0 spiro atoms. The van der Waals surface area contributed by atoms with Gasteiger partial charge in [-0.1, -0.05) is 18.2 Å². The zero-order valence-electron chi connectivity index (χ0n) is 10.4. The molecule has 1 heterocycles. The summed E-state index contributed by atoms with van der Waals surface area (Å²) in [4.78, 5) is 15.4. The quantitative estimate of drug-likeness (QED) is 0.769. The molecule has 0 fully saturated rings. The molecule has 20 heavy (non-hydrogen) atoms. The molecular weight excluding hydrogens is 257 g/mol. The lowest BCUT2D eigenvalue weighted by atomic mass is 9.98. The van der Waals surface area contributed by atoms with Crippen LogP contribution < -0.4 is 0 Å². The number of hydrogen-bond acceptors (Lipinski definition) is 2. The first-order valence-electron chi connectivity index (χ1n) is 6.03. The lowest BCUT2D eigenvalue weighted by Crippen LogP contribution is -2.00. The molecule has 98 valence electrons. The predicted molar refractivity (Wildman–Crippen MR) is 74.1 cm³/mol. The number of nitrogens with zero attached hydrogens (tertiary/aromatic N) is 1. The van der Waals surface area contributed by atoms with Crippen LogP contribution in [0.25, 0.3) is 22.0 Å². The summed E-state index contributed by atoms with van der Waals surface area (Å²) >= 11 is 0. The van der Waals surface area contributed by atoms with Crippen molar-refractivity contribution in [2.45, 2.75) is 0 Å². The first kappa shape index (κ1) is 12.3. The normalized spacial score (nSPS) is 10.7. The van der Waals surface area contributed by atoms with E-state index in [4.69, 9.17) is 0 Å². The summed E-state index contributed by atoms with van der Waals surface area (Å²) in [7, 11) is 0. The molecule has 1 N–H and O–H groups in total. The van der Waals surface area contributed by atoms with Crippen LogP contribution in [0.2, 0.25) is 0 Å². The molecule has 0 aliphatic heterocycles. The van der Waals surface area contributed by atoms with Crippen molar-refractivity contribution < 1.29 is 14.3 Å². The second-order valence-corrected chi connectivity index (χ2v) is 4.41. The summed E-state index contributed by atoms with van der Waals surface area (Å²) in [6.07, 6.45) is 1.70. The highest BCUT2D eigenvalue weighted by Crippen LogP contribution is 2.27. The zero-order chi connectivity index (χ0) is 14.1. The van der Waals surface area contributed by atoms with Gasteiger partial charge in [-0.25, -0.2) is 9.18 Å². The Balaban J connectivity index is 2.22. The third kappa shape index (κ3) is 2.12. The maximum atomic E-state index is 13.2. The van der Waals surface area contributed by atoms with E-state index in [2.05, 4.69) is 4.98 Å². The Morgan fingerprint density at radius 1 is 1.10 bits per heavy atom. The molecule has 3 nitrogen and oxygen atoms in total. The average Bonchev–Trinajstić information content (AvgIpc) is 2.46. The van der Waals surface area contributed by atoms with Crippen LogP contribution in [0, 0.1) is 5.82 Å². The first-order chi connectivity index (χ1) is 9.65. The van der Waals surface area contributed by atoms with Crippen LogP contribution in [-0.2, 0) is 0 Å². The van der Waals surface area contributed by atoms with E-state index in [0.29, 0.717) is 5.56 Å². The van der Waals surface area contributed by atoms with Crippen LogP contribution in [0.15, 0.2) is 54.7 Å². The Hall–Kier alpha value is -2.75. The van der Waals surface area contributed by atoms with Crippen LogP contribution in [0.5, 0.6) is 0 Å². The van der Waals surface area contributed by atoms with Crippen molar-refractivity contribution in [1.82, 2.24) is 4.98 Å². The molecule has 2 aromatic carbocycles. The second-order valence-electron chi connectivity index (χ2n) is 4.41. The Bertz CT molecular complexity index is 814. The number of benzene rings is 2. The number of carbonyl (C=O) groups is 1. The van der Waals surface area contributed by atoms with Gasteiger partial charge in [-0.2, -0.15) is 0 Å². The van der Waals surface area contributed by atoms with Gasteiger partial charge in [-0.05, 0) is 41.5 Å². The van der Waals surface area contributed by atoms with Crippen molar-refractivity contribution in [1.29, 1.82) is 0 Å². The van der Waals surface area contributed by atoms with Gasteiger partial charge in [-0.15, -0.1) is 0 Å². The second kappa shape index (κ2) is 4.74. The van der Waals surface area contributed by atoms with Crippen molar-refractivity contribution in [2.24, 2.45) is 0 Å². The molecule has 0 saturated heterocycles. The molecule has 0 aliphatic carbocycles. The number of hydrogen-bond donors (Lipinski definition) is 1. The van der Waals surface area contributed by atoms with E-state index in [9.17, 15) is 14.3 Å². The van der Waals surface area contributed by atoms with Crippen molar-refractivity contribution >= 4 is 16.9 Å². The van der Waals surface area contributed by atoms with Gasteiger partial charge in [0.1, 0.15) is 5.82 Å². The zero-order valence-corrected chi connectivity index (χ0v) is 10.4. The Morgan fingerprint density at radius 2 is 1.95 bits per heavy atom. The largest absolute Gasteiger partial charge is 0.478 e. The molecule has 0 bridgehead atoms. The molecule has 0 atom stereocenters. The van der Waals surface area contributed by atoms with Gasteiger partial charge >= 0.3 is 5.97 Å². The predicted octanol–water partition coefficient (Wildman–Crippen LogP) is 3.74. The number of aromatic nitrogens is 1. The van der Waals surface area contributed by atoms with Crippen LogP contribution in [0.1, 0.15) is 10.4 Å². The summed E-state index contributed by atoms with van der Waals surface area (Å²) in [5, 5.41) is 10.1. The molecule has 0 amide bonds. The lowest BCUT2D eigenvalue weighted by molar-refractivity contribution is 0.0697. The molecular formula is C16H10FNO2. The molecule has 0 radical (unpaired) electrons. The SMILES string of the molecule is O=C(O)c1cc(F)ccc1-c1ccc2ncccc2c1. The fourth-order valence-corrected chi connectivity index (χ4v) is 2.19. The summed E-state index contributed by atoms with van der Waals surface area (Å²) < 4.78 is 13.2. The van der Waals surface area contributed by atoms with Crippen molar-refractivity contribution in [2.75, 3.05) is 0 Å². The van der Waals surface area contributed by atoms with E-state index >= 15 is 0 Å². The van der Waals surface area contributed by atoms with Crippen molar-refractivity contribution in [3.05, 3.63) is 66.1 Å². The molecule has 0 unspecified atom stereocenters. The van der Waals surface area contributed by atoms with E-state index in [1.54, 1.807) is 12.3 Å². The van der Waals surface area contributed by atoms with E-state index in [1.165, 1.54) is 12.1 Å². The van der Waals surface area contributed by atoms with Gasteiger partial charge in [0.05, 0.1) is 11.1 Å². The topological polar surface area (TPSA) is 50.2 Å². The summed E-state index contributed by atoms with van der Waals surface area (Å²) in [6.45, 7) is 0. The highest BCUT2D eigenvalue weighted by atomic mass is 19.1. The number of rotatable bonds is 2. The van der Waals surface area contributed by atoms with E-state index in [1.807, 2.05) is 24.3 Å². The van der Waals surface area contributed by atoms with Crippen LogP contribution in [-0.4, -0.2) is 16.1 Å². The molecule has 0 aliphatic rings. The van der Waals surface area contributed by atoms with Crippen LogP contribution >= 0.6 is 0 Å². The fourth-order valence-electron chi connectivity index (χ4n) is 2.19. The minimum Gasteiger partial charge on any atom is -0.478 e. The maximum Gasteiger partial charge on any atom is 0.336 e. The smallest absolute Gasteiger partial charge is 0.336 e. The molecule has 1 aromatic heterocycles. The van der Waals surface area contributed by atoms with Gasteiger partial charge in [-0.3, -0.25) is 4.98 Å². The Kier molecular flexibility index (Phi) is 2.91. The van der Waals surface area contributed by atoms with Crippen LogP contribution in [0.4, 0.5) is 4.39 Å². The Morgan fingerprint density at radius 3 is 2.75 bits per heavy atom. The fraction of sp³-hybridized carbons (Fsp3) is 0. The maximum absolute atomic E-state index is 13.2. The number of pyridine rings is 1. The summed E-state index contributed by atoms with van der Waals surface area (Å²) in [5.41, 5.74) is 2.00. The summed E-state index contributed by atoms with van der Waals surface area (Å²) in [5.74, 6) is -1.71. The minimum atomic E-state index is -1.15. The number of carboxylic acid groups (broad SMARTS) is 1. The standard InChI is InChI=1S/C16H10FNO2/c17-12-4-5-13(14(9-12)16(19)20)10-3-6-15-11(8-10)2-1-7-18-15/h1-9H,(H,19,20). The Labute approximate surface area is 114 Å². The van der Waals surface area contributed by atoms with E-state index in [-0.39, 0.29) is 5.56 Å². The van der Waals surface area contributed by atoms with Gasteiger partial charge in [0.2, 0.25) is 0 Å². The number of halogens is 1. The third-order valence-corrected chi connectivity index (χ3v) is 3.13. The lowest BCUT2D eigenvalue weighted by Gasteiger charge is -2.07. The van der Waals surface area contributed by atoms with Crippen molar-refractivity contribution in [3.8, 4) is 11.1 Å². The molecule has 3 aromatic rings. The molecule has 3 rings (SSSR count). The van der Waals surface area contributed by atoms with Gasteiger partial charge in [0.15, 0.2) is 0 Å². The van der Waals surface area contributed by atoms with Crippen molar-refractivity contribution in [3.63, 3.8) is 0 Å². The molecule has 4 heteroatoms. The van der Waals surface area contributed by atoms with Gasteiger partial charge < -0.3 is 5.11 Å². The monoisotopic (exact) mass is 267 g/mol. The van der Waals surface area contributed by atoms with Gasteiger partial charge in [0.25, 0.3) is 0 Å². The number of fused-ring (bicyclic) bond motifs is 1. The van der Waals surface area contributed by atoms with E-state index in [0.717, 1.165) is 22.5 Å². The average molecular weight is 267 g/mol. The minimum absolute atomic E-state index is 0.0479. The summed E-state index contributed by atoms with van der Waals surface area (Å²) in [6, 6.07) is 12.9. The number of carboxylic acids is 1. The first-order valence-corrected chi connectivity index (χ1v) is 6.03. The van der Waals surface area contributed by atoms with E-state index < -0.39 is 11.8 Å². The highest BCUT2D eigenvalue weighted by Gasteiger charge is 2.13. The van der Waals surface area contributed by atoms with Gasteiger partial charge in [0, 0.05) is 11.6 Å². The third-order valence-electron chi connectivity index (χ3n) is 3.13. The van der Waals surface area contributed by atoms with Crippen LogP contribution in [0.3, 0.4) is 0 Å². The highest BCUT2D eigenvalue weighted by molar-refractivity contribution is 5.97.